The van der Waals surface area contributed by atoms with Crippen LogP contribution in [-0.2, 0) is 0 Å². The van der Waals surface area contributed by atoms with Crippen molar-refractivity contribution in [3.05, 3.63) is 0 Å². The molecule has 2 unspecified atom stereocenters. The third-order valence-electron chi connectivity index (χ3n) is 1.44. The highest BCUT2D eigenvalue weighted by molar-refractivity contribution is 4.97. The van der Waals surface area contributed by atoms with E-state index in [1.54, 1.807) is 0 Å². The summed E-state index contributed by atoms with van der Waals surface area (Å²) in [6, 6.07) is -0.0278. The van der Waals surface area contributed by atoms with Gasteiger partial charge in [0.25, 0.3) is 0 Å². The molecule has 0 amide bonds. The maximum atomic E-state index is 5.57. The Balaban J connectivity index is 3.68. The van der Waals surface area contributed by atoms with Crippen LogP contribution in [0, 0.1) is 18.3 Å². The highest BCUT2D eigenvalue weighted by Gasteiger charge is 2.09. The van der Waals surface area contributed by atoms with Crippen LogP contribution in [0.5, 0.6) is 0 Å². The van der Waals surface area contributed by atoms with Gasteiger partial charge in [-0.05, 0) is 6.42 Å². The fourth-order valence-corrected chi connectivity index (χ4v) is 0.708. The van der Waals surface area contributed by atoms with Gasteiger partial charge in [-0.15, -0.1) is 12.3 Å². The smallest absolute Gasteiger partial charge is 0.0361 e. The monoisotopic (exact) mass is 126 g/mol. The Morgan fingerprint density at radius 3 is 2.33 bits per heavy atom. The molecule has 52 valence electrons. The Hall–Kier alpha value is -0.520. The largest absolute Gasteiger partial charge is 0.329 e. The summed E-state index contributed by atoms with van der Waals surface area (Å²) in [7, 11) is 0. The lowest BCUT2D eigenvalue weighted by Crippen LogP contribution is -2.36. The van der Waals surface area contributed by atoms with Gasteiger partial charge in [-0.25, -0.2) is 0 Å². The van der Waals surface area contributed by atoms with Crippen molar-refractivity contribution in [2.45, 2.75) is 19.4 Å². The topological polar surface area (TPSA) is 52.0 Å². The fraction of sp³-hybridized carbons (Fsp3) is 0.714. The first-order valence-corrected chi connectivity index (χ1v) is 3.18. The van der Waals surface area contributed by atoms with E-state index in [0.717, 1.165) is 6.42 Å². The maximum absolute atomic E-state index is 5.57. The summed E-state index contributed by atoms with van der Waals surface area (Å²) >= 11 is 0. The van der Waals surface area contributed by atoms with E-state index in [4.69, 9.17) is 17.9 Å². The minimum atomic E-state index is -0.0278. The molecule has 0 aliphatic rings. The van der Waals surface area contributed by atoms with Crippen molar-refractivity contribution >= 4 is 0 Å². The van der Waals surface area contributed by atoms with E-state index in [-0.39, 0.29) is 12.0 Å². The summed E-state index contributed by atoms with van der Waals surface area (Å²) < 4.78 is 0. The van der Waals surface area contributed by atoms with Crippen molar-refractivity contribution in [1.82, 2.24) is 0 Å². The van der Waals surface area contributed by atoms with Gasteiger partial charge in [0.15, 0.2) is 0 Å². The summed E-state index contributed by atoms with van der Waals surface area (Å²) in [5, 5.41) is 0. The van der Waals surface area contributed by atoms with Crippen molar-refractivity contribution in [2.75, 3.05) is 6.54 Å². The number of terminal acetylenes is 1. The number of nitrogens with two attached hydrogens (primary N) is 2. The molecule has 0 rings (SSSR count). The molecule has 0 aromatic heterocycles. The average molecular weight is 126 g/mol. The zero-order chi connectivity index (χ0) is 7.28. The van der Waals surface area contributed by atoms with Gasteiger partial charge >= 0.3 is 0 Å². The molecule has 2 nitrogen and oxygen atoms in total. The SMILES string of the molecule is C#CC(CC)C(N)CN. The lowest BCUT2D eigenvalue weighted by Gasteiger charge is -2.13. The van der Waals surface area contributed by atoms with Crippen LogP contribution in [-0.4, -0.2) is 12.6 Å². The van der Waals surface area contributed by atoms with E-state index < -0.39 is 0 Å². The molecule has 0 aliphatic carbocycles. The maximum Gasteiger partial charge on any atom is 0.0361 e. The molecule has 0 bridgehead atoms. The molecule has 0 fully saturated rings. The Kier molecular flexibility index (Phi) is 4.12. The normalized spacial score (nSPS) is 16.2. The van der Waals surface area contributed by atoms with Crippen LogP contribution in [0.15, 0.2) is 0 Å². The second kappa shape index (κ2) is 4.37. The van der Waals surface area contributed by atoms with E-state index in [1.165, 1.54) is 0 Å². The summed E-state index contributed by atoms with van der Waals surface area (Å²) in [4.78, 5) is 0. The van der Waals surface area contributed by atoms with Gasteiger partial charge in [-0.2, -0.15) is 0 Å². The van der Waals surface area contributed by atoms with Gasteiger partial charge in [0, 0.05) is 18.5 Å². The van der Waals surface area contributed by atoms with E-state index in [9.17, 15) is 0 Å². The molecule has 2 heteroatoms. The Morgan fingerprint density at radius 2 is 2.22 bits per heavy atom. The standard InChI is InChI=1S/C7H14N2/c1-3-6(4-2)7(9)5-8/h1,6-7H,4-5,8-9H2,2H3. The van der Waals surface area contributed by atoms with Gasteiger partial charge in [0.1, 0.15) is 0 Å². The van der Waals surface area contributed by atoms with E-state index in [1.807, 2.05) is 6.92 Å². The zero-order valence-electron chi connectivity index (χ0n) is 5.80. The predicted octanol–water partition coefficient (Wildman–Crippen LogP) is -0.0682. The lowest BCUT2D eigenvalue weighted by atomic mass is 9.99. The number of hydrogen-bond acceptors (Lipinski definition) is 2. The summed E-state index contributed by atoms with van der Waals surface area (Å²) in [6.07, 6.45) is 6.09. The quantitative estimate of drug-likeness (QED) is 0.520. The molecule has 0 heterocycles. The van der Waals surface area contributed by atoms with Crippen molar-refractivity contribution in [2.24, 2.45) is 17.4 Å². The van der Waals surface area contributed by atoms with Crippen LogP contribution < -0.4 is 11.5 Å². The van der Waals surface area contributed by atoms with Gasteiger partial charge in [-0.3, -0.25) is 0 Å². The third kappa shape index (κ3) is 2.50. The first-order valence-electron chi connectivity index (χ1n) is 3.18. The van der Waals surface area contributed by atoms with Crippen molar-refractivity contribution < 1.29 is 0 Å². The molecular weight excluding hydrogens is 112 g/mol. The van der Waals surface area contributed by atoms with Gasteiger partial charge < -0.3 is 11.5 Å². The molecule has 0 spiro atoms. The van der Waals surface area contributed by atoms with Crippen LogP contribution in [0.4, 0.5) is 0 Å². The van der Waals surface area contributed by atoms with Gasteiger partial charge in [0.2, 0.25) is 0 Å². The zero-order valence-corrected chi connectivity index (χ0v) is 5.80. The van der Waals surface area contributed by atoms with Crippen molar-refractivity contribution in [3.63, 3.8) is 0 Å². The molecule has 0 aliphatic heterocycles. The minimum absolute atomic E-state index is 0.0278. The van der Waals surface area contributed by atoms with E-state index in [0.29, 0.717) is 6.54 Å². The molecule has 0 saturated heterocycles. The fourth-order valence-electron chi connectivity index (χ4n) is 0.708. The highest BCUT2D eigenvalue weighted by Crippen LogP contribution is 2.02. The summed E-state index contributed by atoms with van der Waals surface area (Å²) in [5.41, 5.74) is 10.9. The van der Waals surface area contributed by atoms with E-state index >= 15 is 0 Å². The first kappa shape index (κ1) is 8.48. The number of hydrogen-bond donors (Lipinski definition) is 2. The van der Waals surface area contributed by atoms with E-state index in [2.05, 4.69) is 5.92 Å². The second-order valence-corrected chi connectivity index (χ2v) is 2.08. The van der Waals surface area contributed by atoms with Crippen LogP contribution in [0.3, 0.4) is 0 Å². The first-order chi connectivity index (χ1) is 4.26. The van der Waals surface area contributed by atoms with Crippen LogP contribution in [0.1, 0.15) is 13.3 Å². The molecule has 0 radical (unpaired) electrons. The van der Waals surface area contributed by atoms with Crippen LogP contribution >= 0.6 is 0 Å². The third-order valence-corrected chi connectivity index (χ3v) is 1.44. The van der Waals surface area contributed by atoms with Crippen LogP contribution in [0.25, 0.3) is 0 Å². The minimum Gasteiger partial charge on any atom is -0.329 e. The highest BCUT2D eigenvalue weighted by atomic mass is 14.7. The molecule has 0 aromatic carbocycles. The molecule has 0 saturated carbocycles. The van der Waals surface area contributed by atoms with Crippen LogP contribution in [0.2, 0.25) is 0 Å². The Labute approximate surface area is 56.6 Å². The van der Waals surface area contributed by atoms with Crippen molar-refractivity contribution in [1.29, 1.82) is 0 Å². The molecule has 9 heavy (non-hydrogen) atoms. The lowest BCUT2D eigenvalue weighted by molar-refractivity contribution is 0.510. The Morgan fingerprint density at radius 1 is 1.67 bits per heavy atom. The Bertz CT molecular complexity index is 104. The second-order valence-electron chi connectivity index (χ2n) is 2.08. The van der Waals surface area contributed by atoms with Gasteiger partial charge in [-0.1, -0.05) is 6.92 Å². The molecular formula is C7H14N2. The molecule has 4 N–H and O–H groups in total. The molecule has 2 atom stereocenters. The predicted molar refractivity (Wildman–Crippen MR) is 39.6 cm³/mol. The number of rotatable bonds is 3. The van der Waals surface area contributed by atoms with Crippen molar-refractivity contribution in [3.8, 4) is 12.3 Å². The summed E-state index contributed by atoms with van der Waals surface area (Å²) in [5.74, 6) is 2.75. The van der Waals surface area contributed by atoms with Gasteiger partial charge in [0.05, 0.1) is 0 Å². The average Bonchev–Trinajstić information content (AvgIpc) is 1.90. The summed E-state index contributed by atoms with van der Waals surface area (Å²) in [6.45, 7) is 2.49. The molecule has 0 aromatic rings.